The summed E-state index contributed by atoms with van der Waals surface area (Å²) in [6.45, 7) is 0.450. The predicted octanol–water partition coefficient (Wildman–Crippen LogP) is 3.43. The summed E-state index contributed by atoms with van der Waals surface area (Å²) in [5, 5.41) is 0. The Hall–Kier alpha value is -1.55. The highest BCUT2D eigenvalue weighted by molar-refractivity contribution is 9.10. The van der Waals surface area contributed by atoms with Gasteiger partial charge in [0, 0.05) is 6.20 Å². The molecule has 0 N–H and O–H groups in total. The third-order valence-electron chi connectivity index (χ3n) is 2.24. The molecule has 1 heterocycles. The normalized spacial score (nSPS) is 10.0. The van der Waals surface area contributed by atoms with E-state index in [1.54, 1.807) is 13.3 Å². The van der Waals surface area contributed by atoms with E-state index in [9.17, 15) is 0 Å². The molecule has 0 unspecified atom stereocenters. The van der Waals surface area contributed by atoms with Crippen LogP contribution in [0.1, 0.15) is 5.69 Å². The van der Waals surface area contributed by atoms with Crippen molar-refractivity contribution in [2.45, 2.75) is 6.61 Å². The molecule has 1 aromatic carbocycles. The minimum absolute atomic E-state index is 0.450. The van der Waals surface area contributed by atoms with E-state index < -0.39 is 0 Å². The van der Waals surface area contributed by atoms with E-state index in [1.807, 2.05) is 36.4 Å². The van der Waals surface area contributed by atoms with E-state index >= 15 is 0 Å². The SMILES string of the molecule is COc1ccc(OCc2ccccn2)c(Br)c1. The molecule has 0 amide bonds. The highest BCUT2D eigenvalue weighted by Crippen LogP contribution is 2.29. The number of aromatic nitrogens is 1. The van der Waals surface area contributed by atoms with Gasteiger partial charge in [-0.2, -0.15) is 0 Å². The second kappa shape index (κ2) is 5.68. The van der Waals surface area contributed by atoms with Crippen LogP contribution in [0.4, 0.5) is 0 Å². The maximum atomic E-state index is 5.66. The Morgan fingerprint density at radius 2 is 2.12 bits per heavy atom. The smallest absolute Gasteiger partial charge is 0.134 e. The van der Waals surface area contributed by atoms with E-state index in [1.165, 1.54) is 0 Å². The first-order valence-corrected chi connectivity index (χ1v) is 5.95. The summed E-state index contributed by atoms with van der Waals surface area (Å²) >= 11 is 3.44. The van der Waals surface area contributed by atoms with Crippen molar-refractivity contribution < 1.29 is 9.47 Å². The Labute approximate surface area is 109 Å². The van der Waals surface area contributed by atoms with Crippen molar-refractivity contribution in [3.63, 3.8) is 0 Å². The molecule has 0 fully saturated rings. The zero-order chi connectivity index (χ0) is 12.1. The first-order chi connectivity index (χ1) is 8.29. The number of hydrogen-bond donors (Lipinski definition) is 0. The molecule has 3 nitrogen and oxygen atoms in total. The molecular weight excluding hydrogens is 282 g/mol. The lowest BCUT2D eigenvalue weighted by molar-refractivity contribution is 0.298. The van der Waals surface area contributed by atoms with Crippen LogP contribution in [0, 0.1) is 0 Å². The highest BCUT2D eigenvalue weighted by atomic mass is 79.9. The second-order valence-electron chi connectivity index (χ2n) is 3.41. The average Bonchev–Trinajstić information content (AvgIpc) is 2.38. The number of benzene rings is 1. The van der Waals surface area contributed by atoms with Crippen LogP contribution in [-0.4, -0.2) is 12.1 Å². The van der Waals surface area contributed by atoms with Gasteiger partial charge in [0.05, 0.1) is 17.3 Å². The van der Waals surface area contributed by atoms with Crippen LogP contribution >= 0.6 is 15.9 Å². The Morgan fingerprint density at radius 1 is 1.24 bits per heavy atom. The standard InChI is InChI=1S/C13H12BrNO2/c1-16-11-5-6-13(12(14)8-11)17-9-10-4-2-3-7-15-10/h2-8H,9H2,1H3. The summed E-state index contributed by atoms with van der Waals surface area (Å²) in [4.78, 5) is 4.19. The van der Waals surface area contributed by atoms with Gasteiger partial charge in [0.15, 0.2) is 0 Å². The van der Waals surface area contributed by atoms with Crippen molar-refractivity contribution in [2.24, 2.45) is 0 Å². The van der Waals surface area contributed by atoms with E-state index in [4.69, 9.17) is 9.47 Å². The van der Waals surface area contributed by atoms with Gasteiger partial charge in [-0.3, -0.25) is 4.98 Å². The molecule has 2 rings (SSSR count). The molecular formula is C13H12BrNO2. The molecule has 2 aromatic rings. The van der Waals surface area contributed by atoms with Crippen LogP contribution < -0.4 is 9.47 Å². The summed E-state index contributed by atoms with van der Waals surface area (Å²) in [6.07, 6.45) is 1.75. The van der Waals surface area contributed by atoms with Crippen LogP contribution in [0.15, 0.2) is 47.1 Å². The van der Waals surface area contributed by atoms with Gasteiger partial charge in [-0.25, -0.2) is 0 Å². The van der Waals surface area contributed by atoms with Crippen molar-refractivity contribution in [3.8, 4) is 11.5 Å². The van der Waals surface area contributed by atoms with Gasteiger partial charge in [-0.05, 0) is 46.3 Å². The van der Waals surface area contributed by atoms with Crippen LogP contribution in [-0.2, 0) is 6.61 Å². The minimum atomic E-state index is 0.450. The largest absolute Gasteiger partial charge is 0.497 e. The molecule has 0 aliphatic heterocycles. The summed E-state index contributed by atoms with van der Waals surface area (Å²) in [7, 11) is 1.64. The van der Waals surface area contributed by atoms with Gasteiger partial charge in [-0.1, -0.05) is 6.07 Å². The fourth-order valence-corrected chi connectivity index (χ4v) is 1.83. The summed E-state index contributed by atoms with van der Waals surface area (Å²) in [6, 6.07) is 11.3. The van der Waals surface area contributed by atoms with E-state index in [-0.39, 0.29) is 0 Å². The molecule has 0 spiro atoms. The molecule has 1 aromatic heterocycles. The Morgan fingerprint density at radius 3 is 2.76 bits per heavy atom. The fraction of sp³-hybridized carbons (Fsp3) is 0.154. The van der Waals surface area contributed by atoms with Gasteiger partial charge < -0.3 is 9.47 Å². The van der Waals surface area contributed by atoms with Crippen molar-refractivity contribution in [3.05, 3.63) is 52.8 Å². The van der Waals surface area contributed by atoms with Crippen LogP contribution in [0.5, 0.6) is 11.5 Å². The monoisotopic (exact) mass is 293 g/mol. The highest BCUT2D eigenvalue weighted by Gasteiger charge is 2.03. The van der Waals surface area contributed by atoms with Crippen molar-refractivity contribution in [1.82, 2.24) is 4.98 Å². The lowest BCUT2D eigenvalue weighted by Gasteiger charge is -2.08. The molecule has 0 saturated carbocycles. The van der Waals surface area contributed by atoms with E-state index in [0.29, 0.717) is 6.61 Å². The fourth-order valence-electron chi connectivity index (χ4n) is 1.36. The molecule has 0 aliphatic carbocycles. The molecule has 0 aliphatic rings. The molecule has 0 bridgehead atoms. The van der Waals surface area contributed by atoms with Gasteiger partial charge in [-0.15, -0.1) is 0 Å². The van der Waals surface area contributed by atoms with Crippen molar-refractivity contribution >= 4 is 15.9 Å². The maximum absolute atomic E-state index is 5.66. The topological polar surface area (TPSA) is 31.4 Å². The number of pyridine rings is 1. The molecule has 0 radical (unpaired) electrons. The van der Waals surface area contributed by atoms with E-state index in [0.717, 1.165) is 21.7 Å². The van der Waals surface area contributed by atoms with Gasteiger partial charge in [0.25, 0.3) is 0 Å². The number of nitrogens with zero attached hydrogens (tertiary/aromatic N) is 1. The number of hydrogen-bond acceptors (Lipinski definition) is 3. The average molecular weight is 294 g/mol. The molecule has 0 atom stereocenters. The Balaban J connectivity index is 2.04. The van der Waals surface area contributed by atoms with Crippen LogP contribution in [0.2, 0.25) is 0 Å². The van der Waals surface area contributed by atoms with Crippen LogP contribution in [0.25, 0.3) is 0 Å². The number of rotatable bonds is 4. The van der Waals surface area contributed by atoms with E-state index in [2.05, 4.69) is 20.9 Å². The first kappa shape index (κ1) is 11.9. The van der Waals surface area contributed by atoms with Gasteiger partial charge >= 0.3 is 0 Å². The molecule has 4 heteroatoms. The minimum Gasteiger partial charge on any atom is -0.497 e. The number of halogens is 1. The molecule has 0 saturated heterocycles. The molecule has 88 valence electrons. The summed E-state index contributed by atoms with van der Waals surface area (Å²) in [5.74, 6) is 1.57. The number of methoxy groups -OCH3 is 1. The first-order valence-electron chi connectivity index (χ1n) is 5.16. The zero-order valence-corrected chi connectivity index (χ0v) is 11.0. The number of ether oxygens (including phenoxy) is 2. The van der Waals surface area contributed by atoms with Crippen molar-refractivity contribution in [1.29, 1.82) is 0 Å². The summed E-state index contributed by atoms with van der Waals surface area (Å²) in [5.41, 5.74) is 0.898. The zero-order valence-electron chi connectivity index (χ0n) is 9.39. The lowest BCUT2D eigenvalue weighted by atomic mass is 10.3. The quantitative estimate of drug-likeness (QED) is 0.865. The lowest BCUT2D eigenvalue weighted by Crippen LogP contribution is -1.98. The van der Waals surface area contributed by atoms with Gasteiger partial charge in [0.1, 0.15) is 18.1 Å². The molecule has 17 heavy (non-hydrogen) atoms. The third kappa shape index (κ3) is 3.20. The predicted molar refractivity (Wildman–Crippen MR) is 69.3 cm³/mol. The van der Waals surface area contributed by atoms with Gasteiger partial charge in [0.2, 0.25) is 0 Å². The maximum Gasteiger partial charge on any atom is 0.134 e. The summed E-state index contributed by atoms with van der Waals surface area (Å²) < 4.78 is 11.6. The van der Waals surface area contributed by atoms with Crippen LogP contribution in [0.3, 0.4) is 0 Å². The van der Waals surface area contributed by atoms with Crippen molar-refractivity contribution in [2.75, 3.05) is 7.11 Å². The Kier molecular flexibility index (Phi) is 3.98. The third-order valence-corrected chi connectivity index (χ3v) is 2.86. The second-order valence-corrected chi connectivity index (χ2v) is 4.26. The Bertz CT molecular complexity index is 488.